The minimum Gasteiger partial charge on any atom is -0.337 e. The molecule has 1 aromatic heterocycles. The zero-order chi connectivity index (χ0) is 12.1. The number of aromatic nitrogens is 2. The van der Waals surface area contributed by atoms with Crippen LogP contribution in [0.2, 0.25) is 0 Å². The van der Waals surface area contributed by atoms with Crippen molar-refractivity contribution < 1.29 is 4.79 Å². The highest BCUT2D eigenvalue weighted by atomic mass is 16.2. The molecule has 2 heterocycles. The van der Waals surface area contributed by atoms with Gasteiger partial charge in [-0.15, -0.1) is 0 Å². The van der Waals surface area contributed by atoms with Crippen LogP contribution in [0, 0.1) is 5.92 Å². The summed E-state index contributed by atoms with van der Waals surface area (Å²) in [4.78, 5) is 18.0. The van der Waals surface area contributed by atoms with Gasteiger partial charge < -0.3 is 10.2 Å². The molecule has 1 aliphatic rings. The number of amides is 1. The number of imidazole rings is 1. The number of carbonyl (C=O) groups excluding carboxylic acids is 1. The fraction of sp³-hybridized carbons (Fsp3) is 0.667. The van der Waals surface area contributed by atoms with Crippen LogP contribution in [0.1, 0.15) is 19.8 Å². The van der Waals surface area contributed by atoms with Crippen molar-refractivity contribution in [1.29, 1.82) is 0 Å². The van der Waals surface area contributed by atoms with Gasteiger partial charge in [-0.2, -0.15) is 0 Å². The van der Waals surface area contributed by atoms with Crippen LogP contribution in [0.15, 0.2) is 18.7 Å². The van der Waals surface area contributed by atoms with E-state index in [0.717, 1.165) is 6.54 Å². The molecular formula is C12H20N4O. The van der Waals surface area contributed by atoms with Crippen LogP contribution < -0.4 is 5.32 Å². The molecule has 2 rings (SSSR count). The highest BCUT2D eigenvalue weighted by Gasteiger charge is 2.15. The Labute approximate surface area is 102 Å². The molecule has 1 fully saturated rings. The van der Waals surface area contributed by atoms with E-state index in [0.29, 0.717) is 12.5 Å². The van der Waals surface area contributed by atoms with E-state index in [1.54, 1.807) is 12.4 Å². The van der Waals surface area contributed by atoms with Gasteiger partial charge in [-0.05, 0) is 31.8 Å². The summed E-state index contributed by atoms with van der Waals surface area (Å²) in [7, 11) is 0. The lowest BCUT2D eigenvalue weighted by molar-refractivity contribution is 0.236. The molecule has 1 aromatic rings. The summed E-state index contributed by atoms with van der Waals surface area (Å²) in [6, 6.07) is -0.101. The van der Waals surface area contributed by atoms with Crippen molar-refractivity contribution in [1.82, 2.24) is 19.8 Å². The lowest BCUT2D eigenvalue weighted by atomic mass is 10.1. The Kier molecular flexibility index (Phi) is 4.14. The highest BCUT2D eigenvalue weighted by molar-refractivity contribution is 5.76. The second-order valence-electron chi connectivity index (χ2n) is 4.77. The van der Waals surface area contributed by atoms with Crippen molar-refractivity contribution in [2.75, 3.05) is 26.2 Å². The van der Waals surface area contributed by atoms with E-state index in [1.807, 2.05) is 0 Å². The van der Waals surface area contributed by atoms with Gasteiger partial charge in [0.25, 0.3) is 0 Å². The maximum Gasteiger partial charge on any atom is 0.326 e. The van der Waals surface area contributed by atoms with E-state index >= 15 is 0 Å². The Morgan fingerprint density at radius 3 is 2.88 bits per heavy atom. The maximum atomic E-state index is 11.6. The Bertz CT molecular complexity index is 343. The molecule has 1 amide bonds. The standard InChI is InChI=1S/C12H20N4O/c1-11(9-15-5-2-3-6-15)8-14-12(17)16-7-4-13-10-16/h4,7,10-11H,2-3,5-6,8-9H2,1H3,(H,14,17). The predicted molar refractivity (Wildman–Crippen MR) is 65.9 cm³/mol. The summed E-state index contributed by atoms with van der Waals surface area (Å²) < 4.78 is 1.46. The van der Waals surface area contributed by atoms with Crippen LogP contribution in [-0.4, -0.2) is 46.7 Å². The van der Waals surface area contributed by atoms with Gasteiger partial charge in [0.15, 0.2) is 0 Å². The fourth-order valence-electron chi connectivity index (χ4n) is 2.20. The fourth-order valence-corrected chi connectivity index (χ4v) is 2.20. The van der Waals surface area contributed by atoms with E-state index in [-0.39, 0.29) is 6.03 Å². The van der Waals surface area contributed by atoms with Crippen LogP contribution >= 0.6 is 0 Å². The molecule has 1 unspecified atom stereocenters. The number of nitrogens with zero attached hydrogens (tertiary/aromatic N) is 3. The minimum atomic E-state index is -0.101. The smallest absolute Gasteiger partial charge is 0.326 e. The molecule has 5 heteroatoms. The first-order valence-electron chi connectivity index (χ1n) is 6.24. The van der Waals surface area contributed by atoms with Gasteiger partial charge in [-0.25, -0.2) is 9.78 Å². The van der Waals surface area contributed by atoms with Crippen molar-refractivity contribution in [3.63, 3.8) is 0 Å². The molecule has 0 spiro atoms. The first kappa shape index (κ1) is 12.1. The Hall–Kier alpha value is -1.36. The minimum absolute atomic E-state index is 0.101. The Balaban J connectivity index is 1.68. The summed E-state index contributed by atoms with van der Waals surface area (Å²) >= 11 is 0. The maximum absolute atomic E-state index is 11.6. The monoisotopic (exact) mass is 236 g/mol. The van der Waals surface area contributed by atoms with E-state index in [9.17, 15) is 4.79 Å². The third-order valence-electron chi connectivity index (χ3n) is 3.11. The van der Waals surface area contributed by atoms with Crippen LogP contribution in [-0.2, 0) is 0 Å². The average molecular weight is 236 g/mol. The first-order chi connectivity index (χ1) is 8.25. The van der Waals surface area contributed by atoms with Gasteiger partial charge in [-0.3, -0.25) is 4.57 Å². The highest BCUT2D eigenvalue weighted by Crippen LogP contribution is 2.09. The van der Waals surface area contributed by atoms with E-state index in [1.165, 1.54) is 36.8 Å². The third kappa shape index (κ3) is 3.56. The van der Waals surface area contributed by atoms with Gasteiger partial charge in [0.05, 0.1) is 0 Å². The summed E-state index contributed by atoms with van der Waals surface area (Å²) in [5.74, 6) is 0.487. The average Bonchev–Trinajstić information content (AvgIpc) is 2.97. The first-order valence-corrected chi connectivity index (χ1v) is 6.24. The second-order valence-corrected chi connectivity index (χ2v) is 4.77. The predicted octanol–water partition coefficient (Wildman–Crippen LogP) is 1.17. The SMILES string of the molecule is CC(CNC(=O)n1ccnc1)CN1CCCC1. The lowest BCUT2D eigenvalue weighted by Gasteiger charge is -2.20. The van der Waals surface area contributed by atoms with Crippen LogP contribution in [0.5, 0.6) is 0 Å². The number of nitrogens with one attached hydrogen (secondary N) is 1. The van der Waals surface area contributed by atoms with E-state index < -0.39 is 0 Å². The molecule has 0 saturated carbocycles. The molecule has 0 aliphatic carbocycles. The quantitative estimate of drug-likeness (QED) is 0.854. The van der Waals surface area contributed by atoms with Crippen LogP contribution in [0.25, 0.3) is 0 Å². The van der Waals surface area contributed by atoms with Crippen molar-refractivity contribution in [2.24, 2.45) is 5.92 Å². The Morgan fingerprint density at radius 2 is 2.24 bits per heavy atom. The molecule has 1 N–H and O–H groups in total. The summed E-state index contributed by atoms with van der Waals surface area (Å²) in [5, 5.41) is 2.92. The van der Waals surface area contributed by atoms with Gasteiger partial charge in [0, 0.05) is 25.5 Å². The molecule has 0 aromatic carbocycles. The zero-order valence-corrected chi connectivity index (χ0v) is 10.3. The summed E-state index contributed by atoms with van der Waals surface area (Å²) in [5.41, 5.74) is 0. The number of rotatable bonds is 4. The van der Waals surface area contributed by atoms with Crippen LogP contribution in [0.4, 0.5) is 4.79 Å². The third-order valence-corrected chi connectivity index (χ3v) is 3.11. The number of carbonyl (C=O) groups is 1. The molecule has 5 nitrogen and oxygen atoms in total. The van der Waals surface area contributed by atoms with Gasteiger partial charge in [0.2, 0.25) is 0 Å². The normalized spacial score (nSPS) is 18.2. The number of hydrogen-bond donors (Lipinski definition) is 1. The molecule has 1 saturated heterocycles. The molecule has 1 atom stereocenters. The van der Waals surface area contributed by atoms with Crippen molar-refractivity contribution >= 4 is 6.03 Å². The molecule has 94 valence electrons. The molecule has 0 bridgehead atoms. The van der Waals surface area contributed by atoms with E-state index in [2.05, 4.69) is 22.1 Å². The van der Waals surface area contributed by atoms with E-state index in [4.69, 9.17) is 0 Å². The number of hydrogen-bond acceptors (Lipinski definition) is 3. The molecule has 17 heavy (non-hydrogen) atoms. The summed E-state index contributed by atoms with van der Waals surface area (Å²) in [6.07, 6.45) is 7.40. The van der Waals surface area contributed by atoms with Crippen LogP contribution in [0.3, 0.4) is 0 Å². The number of likely N-dealkylation sites (tertiary alicyclic amines) is 1. The van der Waals surface area contributed by atoms with Crippen molar-refractivity contribution in [3.8, 4) is 0 Å². The lowest BCUT2D eigenvalue weighted by Crippen LogP contribution is -2.36. The van der Waals surface area contributed by atoms with Crippen molar-refractivity contribution in [2.45, 2.75) is 19.8 Å². The zero-order valence-electron chi connectivity index (χ0n) is 10.3. The molecular weight excluding hydrogens is 216 g/mol. The topological polar surface area (TPSA) is 50.2 Å². The summed E-state index contributed by atoms with van der Waals surface area (Å²) in [6.45, 7) is 6.38. The molecule has 0 radical (unpaired) electrons. The van der Waals surface area contributed by atoms with Crippen molar-refractivity contribution in [3.05, 3.63) is 18.7 Å². The largest absolute Gasteiger partial charge is 0.337 e. The molecule has 1 aliphatic heterocycles. The second kappa shape index (κ2) is 5.82. The van der Waals surface area contributed by atoms with Gasteiger partial charge in [0.1, 0.15) is 6.33 Å². The van der Waals surface area contributed by atoms with Gasteiger partial charge in [-0.1, -0.05) is 6.92 Å². The Morgan fingerprint density at radius 1 is 1.47 bits per heavy atom. The van der Waals surface area contributed by atoms with Gasteiger partial charge >= 0.3 is 6.03 Å².